The maximum absolute atomic E-state index is 12.4. The molecule has 0 aliphatic carbocycles. The molecule has 0 unspecified atom stereocenters. The number of H-pyrrole nitrogens is 1. The monoisotopic (exact) mass is 419 g/mol. The standard InChI is InChI=1S/C21H17N5O3S/c27-18(6-5-15-20(28)25-21(29)24-15)23-13-7-12-10-22-26-19(12)14(9-13)17-8-11-3-1-2-4-16(11)30-17/h1-4,7-10,15H,5-6H2,(H,22,26)(H,23,27)(H2,24,25,28,29)/t15-/m1/s1. The van der Waals surface area contributed by atoms with Crippen LogP contribution in [0.5, 0.6) is 0 Å². The fourth-order valence-electron chi connectivity index (χ4n) is 3.60. The van der Waals surface area contributed by atoms with Crippen LogP contribution in [-0.2, 0) is 9.59 Å². The van der Waals surface area contributed by atoms with Crippen molar-refractivity contribution in [3.05, 3.63) is 48.7 Å². The summed E-state index contributed by atoms with van der Waals surface area (Å²) in [6.45, 7) is 0. The predicted molar refractivity (Wildman–Crippen MR) is 115 cm³/mol. The summed E-state index contributed by atoms with van der Waals surface area (Å²) >= 11 is 1.68. The van der Waals surface area contributed by atoms with E-state index in [9.17, 15) is 14.4 Å². The smallest absolute Gasteiger partial charge is 0.322 e. The fraction of sp³-hybridized carbons (Fsp3) is 0.143. The number of amides is 4. The highest BCUT2D eigenvalue weighted by molar-refractivity contribution is 7.22. The van der Waals surface area contributed by atoms with Crippen LogP contribution in [0.2, 0.25) is 0 Å². The van der Waals surface area contributed by atoms with Crippen LogP contribution >= 0.6 is 11.3 Å². The van der Waals surface area contributed by atoms with E-state index in [2.05, 4.69) is 44.3 Å². The maximum Gasteiger partial charge on any atom is 0.322 e. The third-order valence-corrected chi connectivity index (χ3v) is 6.19. The van der Waals surface area contributed by atoms with Gasteiger partial charge in [0.05, 0.1) is 11.7 Å². The van der Waals surface area contributed by atoms with Gasteiger partial charge in [0.1, 0.15) is 6.04 Å². The number of urea groups is 1. The van der Waals surface area contributed by atoms with Gasteiger partial charge in [-0.25, -0.2) is 4.79 Å². The molecule has 1 fully saturated rings. The summed E-state index contributed by atoms with van der Waals surface area (Å²) in [7, 11) is 0. The van der Waals surface area contributed by atoms with Gasteiger partial charge in [0.2, 0.25) is 5.91 Å². The number of benzene rings is 2. The van der Waals surface area contributed by atoms with Crippen molar-refractivity contribution in [1.82, 2.24) is 20.8 Å². The van der Waals surface area contributed by atoms with E-state index >= 15 is 0 Å². The molecule has 1 saturated heterocycles. The first-order valence-electron chi connectivity index (χ1n) is 9.44. The van der Waals surface area contributed by atoms with E-state index in [1.807, 2.05) is 24.3 Å². The van der Waals surface area contributed by atoms with E-state index in [1.54, 1.807) is 17.5 Å². The second kappa shape index (κ2) is 7.27. The summed E-state index contributed by atoms with van der Waals surface area (Å²) in [5.41, 5.74) is 2.52. The Morgan fingerprint density at radius 2 is 2.00 bits per heavy atom. The van der Waals surface area contributed by atoms with Crippen molar-refractivity contribution < 1.29 is 14.4 Å². The first-order valence-corrected chi connectivity index (χ1v) is 10.3. The highest BCUT2D eigenvalue weighted by atomic mass is 32.1. The van der Waals surface area contributed by atoms with E-state index in [0.717, 1.165) is 26.7 Å². The number of imide groups is 1. The zero-order valence-corrected chi connectivity index (χ0v) is 16.5. The van der Waals surface area contributed by atoms with E-state index in [-0.39, 0.29) is 18.7 Å². The number of nitrogens with zero attached hydrogens (tertiary/aromatic N) is 1. The highest BCUT2D eigenvalue weighted by Crippen LogP contribution is 2.38. The van der Waals surface area contributed by atoms with Crippen LogP contribution in [-0.4, -0.2) is 34.1 Å². The van der Waals surface area contributed by atoms with Gasteiger partial charge in [0.15, 0.2) is 0 Å². The Balaban J connectivity index is 1.39. The van der Waals surface area contributed by atoms with Gasteiger partial charge in [0, 0.05) is 32.6 Å². The number of aromatic nitrogens is 2. The Kier molecular flexibility index (Phi) is 4.44. The molecule has 9 heteroatoms. The summed E-state index contributed by atoms with van der Waals surface area (Å²) in [6, 6.07) is 12.9. The lowest BCUT2D eigenvalue weighted by atomic mass is 10.1. The number of thiophene rings is 1. The normalized spacial score (nSPS) is 16.1. The molecular weight excluding hydrogens is 402 g/mol. The molecule has 4 N–H and O–H groups in total. The van der Waals surface area contributed by atoms with E-state index in [4.69, 9.17) is 0 Å². The number of anilines is 1. The van der Waals surface area contributed by atoms with Crippen molar-refractivity contribution in [3.63, 3.8) is 0 Å². The second-order valence-corrected chi connectivity index (χ2v) is 8.19. The van der Waals surface area contributed by atoms with Gasteiger partial charge in [-0.15, -0.1) is 11.3 Å². The van der Waals surface area contributed by atoms with E-state index in [0.29, 0.717) is 5.69 Å². The van der Waals surface area contributed by atoms with Gasteiger partial charge >= 0.3 is 6.03 Å². The van der Waals surface area contributed by atoms with Gasteiger partial charge in [-0.05, 0) is 36.1 Å². The summed E-state index contributed by atoms with van der Waals surface area (Å²) in [5, 5.41) is 16.8. The Bertz CT molecular complexity index is 1280. The van der Waals surface area contributed by atoms with Crippen LogP contribution in [0.1, 0.15) is 12.8 Å². The van der Waals surface area contributed by atoms with Crippen LogP contribution < -0.4 is 16.0 Å². The lowest BCUT2D eigenvalue weighted by Crippen LogP contribution is -2.30. The van der Waals surface area contributed by atoms with Crippen molar-refractivity contribution in [3.8, 4) is 10.4 Å². The molecule has 0 spiro atoms. The van der Waals surface area contributed by atoms with Crippen LogP contribution in [0.3, 0.4) is 0 Å². The molecule has 8 nitrogen and oxygen atoms in total. The summed E-state index contributed by atoms with van der Waals surface area (Å²) < 4.78 is 1.19. The number of hydrogen-bond acceptors (Lipinski definition) is 5. The Morgan fingerprint density at radius 3 is 2.80 bits per heavy atom. The Morgan fingerprint density at radius 1 is 1.13 bits per heavy atom. The zero-order chi connectivity index (χ0) is 20.7. The average molecular weight is 419 g/mol. The maximum atomic E-state index is 12.4. The van der Waals surface area contributed by atoms with Gasteiger partial charge in [0.25, 0.3) is 5.91 Å². The molecule has 4 amide bonds. The lowest BCUT2D eigenvalue weighted by molar-refractivity contribution is -0.120. The van der Waals surface area contributed by atoms with Crippen LogP contribution in [0, 0.1) is 0 Å². The highest BCUT2D eigenvalue weighted by Gasteiger charge is 2.29. The fourth-order valence-corrected chi connectivity index (χ4v) is 4.68. The molecule has 150 valence electrons. The minimum absolute atomic E-state index is 0.111. The number of aromatic amines is 1. The van der Waals surface area contributed by atoms with Crippen molar-refractivity contribution in [1.29, 1.82) is 0 Å². The number of fused-ring (bicyclic) bond motifs is 2. The number of rotatable bonds is 5. The minimum Gasteiger partial charge on any atom is -0.326 e. The third-order valence-electron chi connectivity index (χ3n) is 5.04. The largest absolute Gasteiger partial charge is 0.326 e. The predicted octanol–water partition coefficient (Wildman–Crippen LogP) is 3.37. The molecule has 5 rings (SSSR count). The molecular formula is C21H17N5O3S. The average Bonchev–Trinajstić information content (AvgIpc) is 3.43. The van der Waals surface area contributed by atoms with Crippen molar-refractivity contribution >= 4 is 55.9 Å². The summed E-state index contributed by atoms with van der Waals surface area (Å²) in [4.78, 5) is 36.3. The van der Waals surface area contributed by atoms with Crippen LogP contribution in [0.15, 0.2) is 48.7 Å². The first-order chi connectivity index (χ1) is 14.6. The number of carbonyl (C=O) groups excluding carboxylic acids is 3. The number of hydrogen-bond donors (Lipinski definition) is 4. The number of carbonyl (C=O) groups is 3. The summed E-state index contributed by atoms with van der Waals surface area (Å²) in [5.74, 6) is -0.631. The molecule has 2 aromatic carbocycles. The van der Waals surface area contributed by atoms with Gasteiger partial charge < -0.3 is 10.6 Å². The van der Waals surface area contributed by atoms with Gasteiger partial charge in [-0.1, -0.05) is 18.2 Å². The molecule has 3 heterocycles. The topological polar surface area (TPSA) is 116 Å². The van der Waals surface area contributed by atoms with E-state index in [1.165, 1.54) is 4.70 Å². The quantitative estimate of drug-likeness (QED) is 0.371. The molecule has 0 radical (unpaired) electrons. The molecule has 0 bridgehead atoms. The van der Waals surface area contributed by atoms with Crippen LogP contribution in [0.4, 0.5) is 10.5 Å². The minimum atomic E-state index is -0.672. The first kappa shape index (κ1) is 18.3. The molecule has 4 aromatic rings. The number of nitrogens with one attached hydrogen (secondary N) is 4. The van der Waals surface area contributed by atoms with Crippen molar-refractivity contribution in [2.75, 3.05) is 5.32 Å². The zero-order valence-electron chi connectivity index (χ0n) is 15.7. The van der Waals surface area contributed by atoms with Gasteiger partial charge in [-0.3, -0.25) is 20.0 Å². The van der Waals surface area contributed by atoms with E-state index < -0.39 is 18.0 Å². The molecule has 1 atom stereocenters. The Hall–Kier alpha value is -3.72. The molecule has 0 saturated carbocycles. The van der Waals surface area contributed by atoms with Crippen LogP contribution in [0.25, 0.3) is 31.4 Å². The molecule has 2 aromatic heterocycles. The SMILES string of the molecule is O=C(CC[C@H]1NC(=O)NC1=O)Nc1cc(-c2cc3ccccc3s2)c2[nH]ncc2c1. The second-order valence-electron chi connectivity index (χ2n) is 7.11. The molecule has 1 aliphatic rings. The third kappa shape index (κ3) is 3.39. The van der Waals surface area contributed by atoms with Crippen molar-refractivity contribution in [2.45, 2.75) is 18.9 Å². The van der Waals surface area contributed by atoms with Gasteiger partial charge in [-0.2, -0.15) is 5.10 Å². The molecule has 1 aliphatic heterocycles. The van der Waals surface area contributed by atoms with Crippen molar-refractivity contribution in [2.24, 2.45) is 0 Å². The lowest BCUT2D eigenvalue weighted by Gasteiger charge is -2.10. The summed E-state index contributed by atoms with van der Waals surface area (Å²) in [6.07, 6.45) is 2.07. The molecule has 30 heavy (non-hydrogen) atoms. The Labute approximate surface area is 174 Å².